The van der Waals surface area contributed by atoms with Gasteiger partial charge in [0.25, 0.3) is 11.7 Å². The largest absolute Gasteiger partial charge is 0.507 e. The number of oxime groups is 1. The number of phenolic OH excluding ortho intramolecular Hbond substituents is 3. The Morgan fingerprint density at radius 1 is 0.966 bits per heavy atom. The van der Waals surface area contributed by atoms with E-state index >= 15 is 0 Å². The highest BCUT2D eigenvalue weighted by Gasteiger charge is 2.50. The lowest BCUT2D eigenvalue weighted by molar-refractivity contribution is -0.160. The van der Waals surface area contributed by atoms with Gasteiger partial charge in [-0.25, -0.2) is 0 Å². The number of nitrogens with one attached hydrogen (secondary N) is 1. The minimum absolute atomic E-state index is 0.0391. The number of fused-ring (bicyclic) bond motifs is 14. The Morgan fingerprint density at radius 2 is 1.66 bits per heavy atom. The smallest absolute Gasteiger partial charge is 0.312 e. The third-order valence-electron chi connectivity index (χ3n) is 11.1. The molecule has 5 rings (SSSR count). The van der Waals surface area contributed by atoms with Crippen molar-refractivity contribution in [2.45, 2.75) is 112 Å². The van der Waals surface area contributed by atoms with Gasteiger partial charge in [0.15, 0.2) is 5.75 Å². The molecule has 3 aliphatic heterocycles. The number of unbranched alkanes of at least 4 members (excludes halogenated alkanes) is 2. The minimum atomic E-state index is -2.05. The zero-order valence-corrected chi connectivity index (χ0v) is 34.9. The van der Waals surface area contributed by atoms with Crippen LogP contribution in [0.1, 0.15) is 96.1 Å². The van der Waals surface area contributed by atoms with Gasteiger partial charge in [0, 0.05) is 61.2 Å². The number of carbonyl (C=O) groups excluding carboxylic acids is 3. The molecule has 318 valence electrons. The third kappa shape index (κ3) is 9.27. The molecule has 15 nitrogen and oxygen atoms in total. The number of allylic oxidation sites excluding steroid dienone is 2. The van der Waals surface area contributed by atoms with Crippen molar-refractivity contribution < 1.29 is 63.7 Å². The molecule has 0 unspecified atom stereocenters. The van der Waals surface area contributed by atoms with Crippen LogP contribution in [0, 0.1) is 30.6 Å². The highest BCUT2D eigenvalue weighted by Crippen LogP contribution is 2.55. The maximum absolute atomic E-state index is 14.3. The second-order valence-corrected chi connectivity index (χ2v) is 15.4. The lowest BCUT2D eigenvalue weighted by Gasteiger charge is -2.38. The van der Waals surface area contributed by atoms with Crippen molar-refractivity contribution >= 4 is 40.3 Å². The number of ketones is 1. The molecule has 15 heteroatoms. The number of aromatic hydroxyl groups is 3. The standard InChI is InChI=1S/C43H58N2O13/c1-11-12-13-18-56-44-20-28-33-38(51)31-30(37(28)50)32-40(26(7)36(31)49)58-43(9,41(32)52)55-19-17-29(54-10)23(4)39(57-27(8)46)25(6)35(48)24(5)34(47)21(2)15-14-16-22(3)42(53)45-33/h14-17,19-21,23-25,29,34-35,39,47-51H,11-13,18H2,1-10H3,(H,45,53)/b15-14+,19-17+,22-16-,44-20?/t21-,23-,24+,25-,29-,34-,35+,39+,43-/m0/s1. The van der Waals surface area contributed by atoms with Crippen LogP contribution in [0.5, 0.6) is 23.0 Å². The molecular weight excluding hydrogens is 752 g/mol. The molecule has 0 saturated carbocycles. The topological polar surface area (TPSA) is 223 Å². The number of anilines is 1. The Hall–Kier alpha value is -5.12. The van der Waals surface area contributed by atoms with E-state index in [-0.39, 0.29) is 51.1 Å². The van der Waals surface area contributed by atoms with E-state index in [4.69, 9.17) is 23.8 Å². The van der Waals surface area contributed by atoms with E-state index in [0.717, 1.165) is 19.1 Å². The predicted molar refractivity (Wildman–Crippen MR) is 217 cm³/mol. The van der Waals surface area contributed by atoms with Gasteiger partial charge >= 0.3 is 11.8 Å². The van der Waals surface area contributed by atoms with Crippen molar-refractivity contribution in [1.29, 1.82) is 0 Å². The summed E-state index contributed by atoms with van der Waals surface area (Å²) in [5, 5.41) is 64.0. The summed E-state index contributed by atoms with van der Waals surface area (Å²) in [6.07, 6.45) is 7.10. The van der Waals surface area contributed by atoms with Crippen LogP contribution in [-0.4, -0.2) is 93.3 Å². The molecule has 5 bridgehead atoms. The molecule has 0 saturated heterocycles. The summed E-state index contributed by atoms with van der Waals surface area (Å²) in [4.78, 5) is 45.7. The number of rotatable bonds is 8. The fourth-order valence-corrected chi connectivity index (χ4v) is 7.43. The van der Waals surface area contributed by atoms with Crippen molar-refractivity contribution in [3.63, 3.8) is 0 Å². The monoisotopic (exact) mass is 810 g/mol. The van der Waals surface area contributed by atoms with E-state index in [1.807, 2.05) is 6.92 Å². The first-order valence-electron chi connectivity index (χ1n) is 19.6. The fraction of sp³-hybridized carbons (Fsp3) is 0.535. The average Bonchev–Trinajstić information content (AvgIpc) is 3.45. The molecule has 9 atom stereocenters. The summed E-state index contributed by atoms with van der Waals surface area (Å²) in [7, 11) is 1.43. The lowest BCUT2D eigenvalue weighted by atomic mass is 9.78. The molecule has 6 N–H and O–H groups in total. The van der Waals surface area contributed by atoms with E-state index in [1.54, 1.807) is 39.8 Å². The Labute approximate surface area is 338 Å². The van der Waals surface area contributed by atoms with Crippen molar-refractivity contribution in [3.8, 4) is 23.0 Å². The zero-order chi connectivity index (χ0) is 43.2. The number of nitrogens with zero attached hydrogens (tertiary/aromatic N) is 1. The fourth-order valence-electron chi connectivity index (χ4n) is 7.43. The summed E-state index contributed by atoms with van der Waals surface area (Å²) < 4.78 is 23.5. The quantitative estimate of drug-likeness (QED) is 0.0431. The number of Topliss-reactive ketones (excluding diaryl/α,β-unsaturated/α-hetero) is 1. The first-order chi connectivity index (χ1) is 27.3. The summed E-state index contributed by atoms with van der Waals surface area (Å²) in [5.41, 5.74) is -0.565. The first kappa shape index (κ1) is 45.6. The highest BCUT2D eigenvalue weighted by molar-refractivity contribution is 6.23. The number of carbonyl (C=O) groups is 3. The van der Waals surface area contributed by atoms with Gasteiger partial charge in [-0.15, -0.1) is 0 Å². The van der Waals surface area contributed by atoms with Crippen molar-refractivity contribution in [2.75, 3.05) is 19.0 Å². The van der Waals surface area contributed by atoms with Gasteiger partial charge in [0.2, 0.25) is 0 Å². The molecule has 1 amide bonds. The molecule has 0 fully saturated rings. The molecule has 0 aromatic heterocycles. The number of methoxy groups -OCH3 is 1. The van der Waals surface area contributed by atoms with E-state index in [9.17, 15) is 39.9 Å². The van der Waals surface area contributed by atoms with Gasteiger partial charge in [0.1, 0.15) is 30.0 Å². The van der Waals surface area contributed by atoms with Crippen LogP contribution in [0.25, 0.3) is 10.8 Å². The van der Waals surface area contributed by atoms with Gasteiger partial charge < -0.3 is 54.6 Å². The van der Waals surface area contributed by atoms with Crippen LogP contribution in [0.3, 0.4) is 0 Å². The predicted octanol–water partition coefficient (Wildman–Crippen LogP) is 6.29. The van der Waals surface area contributed by atoms with Crippen LogP contribution in [0.4, 0.5) is 5.69 Å². The normalized spacial score (nSPS) is 30.4. The number of amides is 1. The maximum atomic E-state index is 14.3. The van der Waals surface area contributed by atoms with E-state index in [2.05, 4.69) is 10.5 Å². The summed E-state index contributed by atoms with van der Waals surface area (Å²) in [6.45, 7) is 14.7. The number of hydrogen-bond donors (Lipinski definition) is 6. The second-order valence-electron chi connectivity index (χ2n) is 15.4. The molecule has 0 spiro atoms. The van der Waals surface area contributed by atoms with E-state index < -0.39 is 88.8 Å². The number of esters is 1. The van der Waals surface area contributed by atoms with Crippen LogP contribution in [-0.2, 0) is 28.6 Å². The number of aliphatic hydroxyl groups is 2. The van der Waals surface area contributed by atoms with Crippen LogP contribution in [0.15, 0.2) is 41.3 Å². The first-order valence-corrected chi connectivity index (χ1v) is 19.6. The molecule has 0 radical (unpaired) electrons. The van der Waals surface area contributed by atoms with Gasteiger partial charge in [-0.2, -0.15) is 0 Å². The Bertz CT molecular complexity index is 1990. The molecule has 2 aromatic carbocycles. The van der Waals surface area contributed by atoms with Crippen molar-refractivity contribution in [1.82, 2.24) is 0 Å². The zero-order valence-electron chi connectivity index (χ0n) is 34.9. The maximum Gasteiger partial charge on any atom is 0.312 e. The molecule has 58 heavy (non-hydrogen) atoms. The number of hydrogen-bond acceptors (Lipinski definition) is 14. The van der Waals surface area contributed by atoms with Gasteiger partial charge in [-0.05, 0) is 26.3 Å². The van der Waals surface area contributed by atoms with Crippen molar-refractivity contribution in [2.24, 2.45) is 28.8 Å². The lowest BCUT2D eigenvalue weighted by Crippen LogP contribution is -2.46. The summed E-state index contributed by atoms with van der Waals surface area (Å²) in [6, 6.07) is 0. The second kappa shape index (κ2) is 19.1. The van der Waals surface area contributed by atoms with Gasteiger partial charge in [-0.1, -0.05) is 70.8 Å². The SMILES string of the molecule is CCCCCON=Cc1c2c(O)c3c(O)c(C)c4c(c3c1O)C(=O)[C@@](C)(O/C=C/[C@H](OC)[C@H](C)[C@@H](OC(C)=O)[C@@H](C)[C@H](O)[C@H](C)[C@@H](O)[C@@H](C)/C=C/C=C(/C)C(=O)N2)O4. The highest BCUT2D eigenvalue weighted by atomic mass is 16.7. The Kier molecular flexibility index (Phi) is 15.0. The Morgan fingerprint density at radius 3 is 2.29 bits per heavy atom. The molecule has 3 heterocycles. The number of phenols is 3. The number of benzene rings is 2. The molecule has 3 aliphatic rings. The van der Waals surface area contributed by atoms with Crippen LogP contribution < -0.4 is 10.1 Å². The van der Waals surface area contributed by atoms with E-state index in [1.165, 1.54) is 53.2 Å². The van der Waals surface area contributed by atoms with Gasteiger partial charge in [0.05, 0.1) is 53.0 Å². The van der Waals surface area contributed by atoms with Gasteiger partial charge in [-0.3, -0.25) is 14.4 Å². The third-order valence-corrected chi connectivity index (χ3v) is 11.1. The average molecular weight is 811 g/mol. The summed E-state index contributed by atoms with van der Waals surface area (Å²) in [5.74, 6) is -8.57. The summed E-state index contributed by atoms with van der Waals surface area (Å²) >= 11 is 0. The molecule has 0 aliphatic carbocycles. The molecular formula is C43H58N2O13. The van der Waals surface area contributed by atoms with Crippen LogP contribution in [0.2, 0.25) is 0 Å². The van der Waals surface area contributed by atoms with Crippen molar-refractivity contribution in [3.05, 3.63) is 52.8 Å². The van der Waals surface area contributed by atoms with Crippen LogP contribution >= 0.6 is 0 Å². The number of aliphatic hydroxyl groups excluding tert-OH is 2. The number of ether oxygens (including phenoxy) is 4. The Balaban J connectivity index is 1.95. The van der Waals surface area contributed by atoms with E-state index in [0.29, 0.717) is 6.42 Å². The molecule has 2 aromatic rings. The minimum Gasteiger partial charge on any atom is -0.507 e.